The molecule has 1 saturated heterocycles. The highest BCUT2D eigenvalue weighted by Gasteiger charge is 2.29. The molecule has 0 saturated carbocycles. The Labute approximate surface area is 113 Å². The van der Waals surface area contributed by atoms with E-state index in [0.29, 0.717) is 26.2 Å². The molecule has 1 fully saturated rings. The minimum Gasteiger partial charge on any atom is -0.340 e. The summed E-state index contributed by atoms with van der Waals surface area (Å²) in [5.41, 5.74) is 0. The molecule has 0 radical (unpaired) electrons. The lowest BCUT2D eigenvalue weighted by Crippen LogP contribution is -2.50. The molecule has 0 aromatic carbocycles. The molecule has 1 amide bonds. The molecule has 6 heteroatoms. The quantitative estimate of drug-likeness (QED) is 0.794. The molecule has 0 aromatic rings. The maximum absolute atomic E-state index is 12.0. The van der Waals surface area contributed by atoms with Gasteiger partial charge in [-0.25, -0.2) is 0 Å². The fraction of sp³-hybridized carbons (Fsp3) is 0.923. The number of nitrogens with zero attached hydrogens (tertiary/aromatic N) is 2. The van der Waals surface area contributed by atoms with Gasteiger partial charge in [-0.15, -0.1) is 0 Å². The molecule has 1 rings (SSSR count). The molecular formula is C13H25F3N2O. The molecular weight excluding hydrogens is 257 g/mol. The molecule has 1 aliphatic heterocycles. The molecule has 0 spiro atoms. The van der Waals surface area contributed by atoms with E-state index >= 15 is 0 Å². The molecule has 3 nitrogen and oxygen atoms in total. The van der Waals surface area contributed by atoms with Crippen LogP contribution in [0.15, 0.2) is 0 Å². The van der Waals surface area contributed by atoms with Crippen molar-refractivity contribution >= 4 is 5.91 Å². The number of halogens is 3. The molecule has 0 atom stereocenters. The first-order valence-corrected chi connectivity index (χ1v) is 6.87. The Kier molecular flexibility index (Phi) is 8.06. The molecule has 0 aromatic heterocycles. The summed E-state index contributed by atoms with van der Waals surface area (Å²) in [7, 11) is 0. The van der Waals surface area contributed by atoms with E-state index in [1.807, 2.05) is 27.7 Å². The van der Waals surface area contributed by atoms with Crippen LogP contribution >= 0.6 is 0 Å². The minimum atomic E-state index is -4.09. The third-order valence-corrected chi connectivity index (χ3v) is 2.89. The SMILES string of the molecule is CC.CC(C)C(=O)N1CCN(CCC(F)(F)F)CC1. The molecule has 0 bridgehead atoms. The molecule has 114 valence electrons. The number of rotatable bonds is 3. The van der Waals surface area contributed by atoms with Crippen molar-refractivity contribution in [1.29, 1.82) is 0 Å². The number of alkyl halides is 3. The van der Waals surface area contributed by atoms with Crippen LogP contribution in [0.2, 0.25) is 0 Å². The first-order valence-electron chi connectivity index (χ1n) is 6.87. The van der Waals surface area contributed by atoms with Crippen molar-refractivity contribution in [2.24, 2.45) is 5.92 Å². The lowest BCUT2D eigenvalue weighted by molar-refractivity contribution is -0.142. The predicted molar refractivity (Wildman–Crippen MR) is 69.9 cm³/mol. The molecule has 1 heterocycles. The molecule has 0 N–H and O–H groups in total. The van der Waals surface area contributed by atoms with Gasteiger partial charge in [0.1, 0.15) is 0 Å². The van der Waals surface area contributed by atoms with Gasteiger partial charge in [0, 0.05) is 38.6 Å². The summed E-state index contributed by atoms with van der Waals surface area (Å²) in [6.07, 6.45) is -4.87. The van der Waals surface area contributed by atoms with Gasteiger partial charge in [-0.2, -0.15) is 13.2 Å². The number of amides is 1. The second kappa shape index (κ2) is 8.40. The van der Waals surface area contributed by atoms with Gasteiger partial charge in [0.2, 0.25) is 5.91 Å². The zero-order valence-electron chi connectivity index (χ0n) is 12.3. The number of hydrogen-bond donors (Lipinski definition) is 0. The summed E-state index contributed by atoms with van der Waals surface area (Å²) in [5.74, 6) is 0.0391. The first kappa shape index (κ1) is 18.2. The maximum atomic E-state index is 12.0. The van der Waals surface area contributed by atoms with E-state index in [-0.39, 0.29) is 18.4 Å². The average Bonchev–Trinajstić information content (AvgIpc) is 2.37. The third-order valence-electron chi connectivity index (χ3n) is 2.89. The standard InChI is InChI=1S/C11H19F3N2O.C2H6/c1-9(2)10(17)16-7-5-15(6-8-16)4-3-11(12,13)14;1-2/h9H,3-8H2,1-2H3;1-2H3. The maximum Gasteiger partial charge on any atom is 0.390 e. The minimum absolute atomic E-state index is 0.0349. The van der Waals surface area contributed by atoms with Gasteiger partial charge in [0.05, 0.1) is 6.42 Å². The number of carbonyl (C=O) groups excluding carboxylic acids is 1. The van der Waals surface area contributed by atoms with Gasteiger partial charge < -0.3 is 4.90 Å². The molecule has 0 unspecified atom stereocenters. The summed E-state index contributed by atoms with van der Waals surface area (Å²) >= 11 is 0. The van der Waals surface area contributed by atoms with Gasteiger partial charge >= 0.3 is 6.18 Å². The largest absolute Gasteiger partial charge is 0.390 e. The van der Waals surface area contributed by atoms with Crippen molar-refractivity contribution in [2.45, 2.75) is 40.3 Å². The lowest BCUT2D eigenvalue weighted by Gasteiger charge is -2.35. The van der Waals surface area contributed by atoms with Gasteiger partial charge in [-0.3, -0.25) is 9.69 Å². The van der Waals surface area contributed by atoms with Crippen LogP contribution in [0, 0.1) is 5.92 Å². The van der Waals surface area contributed by atoms with E-state index in [4.69, 9.17) is 0 Å². The molecule has 19 heavy (non-hydrogen) atoms. The number of carbonyl (C=O) groups is 1. The summed E-state index contributed by atoms with van der Waals surface area (Å²) in [6, 6.07) is 0. The normalized spacial score (nSPS) is 17.2. The smallest absolute Gasteiger partial charge is 0.340 e. The number of hydrogen-bond acceptors (Lipinski definition) is 2. The van der Waals surface area contributed by atoms with Crippen LogP contribution in [0.4, 0.5) is 13.2 Å². The van der Waals surface area contributed by atoms with E-state index in [2.05, 4.69) is 0 Å². The topological polar surface area (TPSA) is 23.6 Å². The summed E-state index contributed by atoms with van der Waals surface area (Å²) in [6.45, 7) is 9.84. The highest BCUT2D eigenvalue weighted by atomic mass is 19.4. The fourth-order valence-electron chi connectivity index (χ4n) is 1.84. The van der Waals surface area contributed by atoms with Crippen LogP contribution in [0.1, 0.15) is 34.1 Å². The van der Waals surface area contributed by atoms with E-state index in [9.17, 15) is 18.0 Å². The van der Waals surface area contributed by atoms with E-state index < -0.39 is 12.6 Å². The second-order valence-corrected chi connectivity index (χ2v) is 4.69. The average molecular weight is 282 g/mol. The summed E-state index contributed by atoms with van der Waals surface area (Å²) in [4.78, 5) is 15.1. The van der Waals surface area contributed by atoms with Crippen molar-refractivity contribution in [3.05, 3.63) is 0 Å². The van der Waals surface area contributed by atoms with Gasteiger partial charge in [-0.1, -0.05) is 27.7 Å². The highest BCUT2D eigenvalue weighted by molar-refractivity contribution is 5.78. The van der Waals surface area contributed by atoms with Gasteiger partial charge in [0.15, 0.2) is 0 Å². The Bertz CT molecular complexity index is 259. The fourth-order valence-corrected chi connectivity index (χ4v) is 1.84. The van der Waals surface area contributed by atoms with Crippen molar-refractivity contribution in [3.8, 4) is 0 Å². The summed E-state index contributed by atoms with van der Waals surface area (Å²) < 4.78 is 36.1. The summed E-state index contributed by atoms with van der Waals surface area (Å²) in [5, 5.41) is 0. The van der Waals surface area contributed by atoms with Crippen molar-refractivity contribution < 1.29 is 18.0 Å². The predicted octanol–water partition coefficient (Wildman–Crippen LogP) is 2.77. The van der Waals surface area contributed by atoms with Crippen LogP contribution in [-0.4, -0.2) is 54.6 Å². The van der Waals surface area contributed by atoms with Crippen LogP contribution in [-0.2, 0) is 4.79 Å². The Hall–Kier alpha value is -0.780. The zero-order chi connectivity index (χ0) is 15.1. The third kappa shape index (κ3) is 7.40. The molecule has 0 aliphatic carbocycles. The molecule has 1 aliphatic rings. The van der Waals surface area contributed by atoms with Crippen LogP contribution in [0.3, 0.4) is 0 Å². The Morgan fingerprint density at radius 1 is 1.11 bits per heavy atom. The Morgan fingerprint density at radius 2 is 1.58 bits per heavy atom. The van der Waals surface area contributed by atoms with E-state index in [1.165, 1.54) is 0 Å². The second-order valence-electron chi connectivity index (χ2n) is 4.69. The van der Waals surface area contributed by atoms with E-state index in [0.717, 1.165) is 0 Å². The van der Waals surface area contributed by atoms with Crippen LogP contribution < -0.4 is 0 Å². The Morgan fingerprint density at radius 3 is 1.95 bits per heavy atom. The monoisotopic (exact) mass is 282 g/mol. The van der Waals surface area contributed by atoms with Crippen molar-refractivity contribution in [2.75, 3.05) is 32.7 Å². The number of piperazine rings is 1. The van der Waals surface area contributed by atoms with E-state index in [1.54, 1.807) is 9.80 Å². The lowest BCUT2D eigenvalue weighted by atomic mass is 10.1. The van der Waals surface area contributed by atoms with Gasteiger partial charge in [0.25, 0.3) is 0 Å². The van der Waals surface area contributed by atoms with Crippen LogP contribution in [0.25, 0.3) is 0 Å². The Balaban J connectivity index is 0.00000154. The zero-order valence-corrected chi connectivity index (χ0v) is 12.3. The highest BCUT2D eigenvalue weighted by Crippen LogP contribution is 2.20. The van der Waals surface area contributed by atoms with Crippen molar-refractivity contribution in [1.82, 2.24) is 9.80 Å². The van der Waals surface area contributed by atoms with Crippen LogP contribution in [0.5, 0.6) is 0 Å². The first-order chi connectivity index (χ1) is 8.79. The van der Waals surface area contributed by atoms with Crippen molar-refractivity contribution in [3.63, 3.8) is 0 Å². The van der Waals surface area contributed by atoms with Gasteiger partial charge in [-0.05, 0) is 0 Å².